The molecule has 0 aliphatic heterocycles. The number of rotatable bonds is 4. The lowest BCUT2D eigenvalue weighted by atomic mass is 9.85. The molecule has 0 rings (SSSR count). The van der Waals surface area contributed by atoms with E-state index in [0.717, 1.165) is 13.8 Å². The van der Waals surface area contributed by atoms with Crippen LogP contribution in [0.1, 0.15) is 26.7 Å². The zero-order valence-corrected chi connectivity index (χ0v) is 8.36. The molecule has 0 aromatic carbocycles. The molecule has 0 bridgehead atoms. The standard InChI is InChI=1S/C8H13F4NO2/c1-6(2,9)3-7(13,5(14)15)4-8(10,11)12/h3-4,13H2,1-2H3,(H,14,15)/t7-/m1/s1. The first kappa shape index (κ1) is 14.2. The summed E-state index contributed by atoms with van der Waals surface area (Å²) in [5.74, 6) is -1.86. The highest BCUT2D eigenvalue weighted by atomic mass is 19.4. The molecule has 3 N–H and O–H groups in total. The molecular weight excluding hydrogens is 218 g/mol. The molecule has 0 amide bonds. The van der Waals surface area contributed by atoms with Crippen LogP contribution in [0, 0.1) is 0 Å². The lowest BCUT2D eigenvalue weighted by Crippen LogP contribution is -2.54. The van der Waals surface area contributed by atoms with Crippen LogP contribution in [0.15, 0.2) is 0 Å². The van der Waals surface area contributed by atoms with Gasteiger partial charge in [-0.2, -0.15) is 13.2 Å². The predicted octanol–water partition coefficient (Wildman–Crippen LogP) is 1.86. The van der Waals surface area contributed by atoms with E-state index >= 15 is 0 Å². The van der Waals surface area contributed by atoms with E-state index in [4.69, 9.17) is 10.8 Å². The third-order valence-electron chi connectivity index (χ3n) is 1.68. The molecule has 0 heterocycles. The van der Waals surface area contributed by atoms with Gasteiger partial charge in [0.05, 0.1) is 6.42 Å². The summed E-state index contributed by atoms with van der Waals surface area (Å²) in [6.07, 6.45) is -7.38. The first-order chi connectivity index (χ1) is 6.36. The summed E-state index contributed by atoms with van der Waals surface area (Å²) in [5.41, 5.74) is 0.368. The van der Waals surface area contributed by atoms with Gasteiger partial charge in [-0.25, -0.2) is 4.39 Å². The van der Waals surface area contributed by atoms with Crippen LogP contribution in [0.5, 0.6) is 0 Å². The van der Waals surface area contributed by atoms with Crippen molar-refractivity contribution in [2.75, 3.05) is 0 Å². The van der Waals surface area contributed by atoms with E-state index in [9.17, 15) is 22.4 Å². The Labute approximate surface area is 84.3 Å². The van der Waals surface area contributed by atoms with Gasteiger partial charge in [0.2, 0.25) is 0 Å². The summed E-state index contributed by atoms with van der Waals surface area (Å²) in [6.45, 7) is 1.96. The number of aliphatic carboxylic acids is 1. The minimum atomic E-state index is -4.74. The van der Waals surface area contributed by atoms with Crippen LogP contribution >= 0.6 is 0 Å². The fraction of sp³-hybridized carbons (Fsp3) is 0.875. The van der Waals surface area contributed by atoms with Gasteiger partial charge in [-0.15, -0.1) is 0 Å². The number of halogens is 4. The second kappa shape index (κ2) is 3.96. The minimum absolute atomic E-state index is 0.894. The predicted molar refractivity (Wildman–Crippen MR) is 45.0 cm³/mol. The molecule has 7 heteroatoms. The maximum Gasteiger partial charge on any atom is 0.391 e. The molecule has 0 aliphatic rings. The summed E-state index contributed by atoms with van der Waals surface area (Å²) in [7, 11) is 0. The van der Waals surface area contributed by atoms with Crippen molar-refractivity contribution in [3.05, 3.63) is 0 Å². The van der Waals surface area contributed by atoms with Gasteiger partial charge in [0, 0.05) is 6.42 Å². The first-order valence-corrected chi connectivity index (χ1v) is 4.14. The van der Waals surface area contributed by atoms with Crippen LogP contribution < -0.4 is 5.73 Å². The zero-order chi connectivity index (χ0) is 12.5. The molecule has 0 aliphatic carbocycles. The van der Waals surface area contributed by atoms with Crippen LogP contribution in [0.4, 0.5) is 17.6 Å². The van der Waals surface area contributed by atoms with Gasteiger partial charge in [0.1, 0.15) is 11.2 Å². The Morgan fingerprint density at radius 1 is 1.20 bits per heavy atom. The van der Waals surface area contributed by atoms with Crippen molar-refractivity contribution in [2.45, 2.75) is 44.1 Å². The number of carboxylic acid groups (broad SMARTS) is 1. The van der Waals surface area contributed by atoms with Crippen LogP contribution in [-0.4, -0.2) is 28.5 Å². The summed E-state index contributed by atoms with van der Waals surface area (Å²) in [6, 6.07) is 0. The van der Waals surface area contributed by atoms with Gasteiger partial charge < -0.3 is 10.8 Å². The van der Waals surface area contributed by atoms with E-state index in [1.807, 2.05) is 0 Å². The second-order valence-corrected chi connectivity index (χ2v) is 4.15. The average molecular weight is 231 g/mol. The number of carbonyl (C=O) groups is 1. The minimum Gasteiger partial charge on any atom is -0.480 e. The number of hydrogen-bond donors (Lipinski definition) is 2. The molecule has 0 spiro atoms. The molecule has 1 atom stereocenters. The second-order valence-electron chi connectivity index (χ2n) is 4.15. The van der Waals surface area contributed by atoms with Crippen molar-refractivity contribution in [3.63, 3.8) is 0 Å². The van der Waals surface area contributed by atoms with Gasteiger partial charge in [0.15, 0.2) is 0 Å². The Hall–Kier alpha value is -0.850. The van der Waals surface area contributed by atoms with Gasteiger partial charge in [0.25, 0.3) is 0 Å². The summed E-state index contributed by atoms with van der Waals surface area (Å²) < 4.78 is 49.2. The molecule has 0 saturated heterocycles. The summed E-state index contributed by atoms with van der Waals surface area (Å²) in [4.78, 5) is 10.6. The molecule has 0 radical (unpaired) electrons. The van der Waals surface area contributed by atoms with Gasteiger partial charge >= 0.3 is 12.1 Å². The zero-order valence-electron chi connectivity index (χ0n) is 8.36. The van der Waals surface area contributed by atoms with Crippen molar-refractivity contribution in [1.82, 2.24) is 0 Å². The van der Waals surface area contributed by atoms with Crippen LogP contribution in [-0.2, 0) is 4.79 Å². The fourth-order valence-corrected chi connectivity index (χ4v) is 1.32. The Morgan fingerprint density at radius 3 is 1.80 bits per heavy atom. The fourth-order valence-electron chi connectivity index (χ4n) is 1.32. The smallest absolute Gasteiger partial charge is 0.391 e. The van der Waals surface area contributed by atoms with Crippen molar-refractivity contribution in [3.8, 4) is 0 Å². The Bertz CT molecular complexity index is 228. The first-order valence-electron chi connectivity index (χ1n) is 4.14. The third-order valence-corrected chi connectivity index (χ3v) is 1.68. The van der Waals surface area contributed by atoms with Crippen LogP contribution in [0.2, 0.25) is 0 Å². The Morgan fingerprint density at radius 2 is 1.60 bits per heavy atom. The molecule has 0 aromatic heterocycles. The molecule has 0 aromatic rings. The Balaban J connectivity index is 4.85. The van der Waals surface area contributed by atoms with E-state index in [0.29, 0.717) is 0 Å². The molecule has 0 fully saturated rings. The third kappa shape index (κ3) is 5.56. The van der Waals surface area contributed by atoms with E-state index in [-0.39, 0.29) is 0 Å². The molecule has 0 saturated carbocycles. The van der Waals surface area contributed by atoms with Gasteiger partial charge in [-0.1, -0.05) is 0 Å². The van der Waals surface area contributed by atoms with E-state index in [1.165, 1.54) is 0 Å². The largest absolute Gasteiger partial charge is 0.480 e. The van der Waals surface area contributed by atoms with Crippen LogP contribution in [0.25, 0.3) is 0 Å². The van der Waals surface area contributed by atoms with E-state index < -0.39 is 36.2 Å². The highest BCUT2D eigenvalue weighted by Gasteiger charge is 2.48. The molecule has 90 valence electrons. The lowest BCUT2D eigenvalue weighted by Gasteiger charge is -2.30. The normalized spacial score (nSPS) is 17.3. The van der Waals surface area contributed by atoms with Crippen molar-refractivity contribution in [2.24, 2.45) is 5.73 Å². The van der Waals surface area contributed by atoms with Gasteiger partial charge in [-0.3, -0.25) is 4.79 Å². The van der Waals surface area contributed by atoms with Crippen LogP contribution in [0.3, 0.4) is 0 Å². The lowest BCUT2D eigenvalue weighted by molar-refractivity contribution is -0.169. The number of alkyl halides is 4. The SMILES string of the molecule is CC(C)(F)C[C@@](N)(CC(F)(F)F)C(=O)O. The van der Waals surface area contributed by atoms with Gasteiger partial charge in [-0.05, 0) is 13.8 Å². The molecule has 15 heavy (non-hydrogen) atoms. The number of hydrogen-bond acceptors (Lipinski definition) is 2. The monoisotopic (exact) mass is 231 g/mol. The van der Waals surface area contributed by atoms with Crippen molar-refractivity contribution >= 4 is 5.97 Å². The molecular formula is C8H13F4NO2. The quantitative estimate of drug-likeness (QED) is 0.726. The van der Waals surface area contributed by atoms with Crippen molar-refractivity contribution in [1.29, 1.82) is 0 Å². The number of nitrogens with two attached hydrogens (primary N) is 1. The topological polar surface area (TPSA) is 63.3 Å². The number of carboxylic acids is 1. The Kier molecular flexibility index (Phi) is 3.73. The molecule has 0 unspecified atom stereocenters. The maximum absolute atomic E-state index is 13.1. The summed E-state index contributed by atoms with van der Waals surface area (Å²) >= 11 is 0. The van der Waals surface area contributed by atoms with E-state index in [2.05, 4.69) is 0 Å². The molecule has 3 nitrogen and oxygen atoms in total. The van der Waals surface area contributed by atoms with E-state index in [1.54, 1.807) is 0 Å². The highest BCUT2D eigenvalue weighted by molar-refractivity contribution is 5.78. The van der Waals surface area contributed by atoms with Crippen molar-refractivity contribution < 1.29 is 27.5 Å². The summed E-state index contributed by atoms with van der Waals surface area (Å²) in [5, 5.41) is 8.57. The average Bonchev–Trinajstić information content (AvgIpc) is 1.75. The highest BCUT2D eigenvalue weighted by Crippen LogP contribution is 2.32. The maximum atomic E-state index is 13.1.